The Labute approximate surface area is 142 Å². The van der Waals surface area contributed by atoms with Gasteiger partial charge in [0, 0.05) is 12.5 Å². The predicted octanol–water partition coefficient (Wildman–Crippen LogP) is 4.92. The summed E-state index contributed by atoms with van der Waals surface area (Å²) in [6.45, 7) is 7.79. The molecule has 0 heterocycles. The van der Waals surface area contributed by atoms with Gasteiger partial charge in [0.2, 0.25) is 5.91 Å². The molecule has 1 amide bonds. The van der Waals surface area contributed by atoms with Crippen LogP contribution < -0.4 is 10.1 Å². The van der Waals surface area contributed by atoms with E-state index in [-0.39, 0.29) is 23.8 Å². The summed E-state index contributed by atoms with van der Waals surface area (Å²) in [5.41, 5.74) is 1.12. The minimum atomic E-state index is -0.413. The van der Waals surface area contributed by atoms with E-state index < -0.39 is 5.82 Å². The summed E-state index contributed by atoms with van der Waals surface area (Å²) < 4.78 is 19.2. The Balaban J connectivity index is 2.13. The second-order valence-corrected chi connectivity index (χ2v) is 6.78. The maximum absolute atomic E-state index is 13.5. The number of anilines is 1. The van der Waals surface area contributed by atoms with Crippen LogP contribution in [-0.2, 0) is 10.2 Å². The molecule has 0 saturated heterocycles. The quantitative estimate of drug-likeness (QED) is 0.817. The molecule has 3 nitrogen and oxygen atoms in total. The van der Waals surface area contributed by atoms with Gasteiger partial charge in [0.05, 0.1) is 11.8 Å². The minimum Gasteiger partial charge on any atom is -0.489 e. The Bertz CT molecular complexity index is 696. The first kappa shape index (κ1) is 18.0. The first-order valence-electron chi connectivity index (χ1n) is 8.09. The van der Waals surface area contributed by atoms with Gasteiger partial charge in [-0.1, -0.05) is 44.2 Å². The van der Waals surface area contributed by atoms with Crippen molar-refractivity contribution in [1.29, 1.82) is 0 Å². The number of amides is 1. The van der Waals surface area contributed by atoms with Crippen molar-refractivity contribution in [2.24, 2.45) is 0 Å². The molecule has 0 unspecified atom stereocenters. The summed E-state index contributed by atoms with van der Waals surface area (Å²) in [4.78, 5) is 12.5. The standard InChI is InChI=1S/C20H24FNO2/c1-14(2)24-18-11-10-16(21)12-17(18)22-19(23)13-20(3,4)15-8-6-5-7-9-15/h5-12,14H,13H2,1-4H3,(H,22,23). The van der Waals surface area contributed by atoms with E-state index in [4.69, 9.17) is 4.74 Å². The maximum Gasteiger partial charge on any atom is 0.225 e. The van der Waals surface area contributed by atoms with Crippen LogP contribution in [0.5, 0.6) is 5.75 Å². The fourth-order valence-electron chi connectivity index (χ4n) is 2.54. The third-order valence-electron chi connectivity index (χ3n) is 3.74. The number of halogens is 1. The van der Waals surface area contributed by atoms with Gasteiger partial charge in [-0.3, -0.25) is 4.79 Å². The Morgan fingerprint density at radius 3 is 2.46 bits per heavy atom. The second-order valence-electron chi connectivity index (χ2n) is 6.78. The number of benzene rings is 2. The lowest BCUT2D eigenvalue weighted by Crippen LogP contribution is -2.26. The number of hydrogen-bond donors (Lipinski definition) is 1. The third-order valence-corrected chi connectivity index (χ3v) is 3.74. The molecule has 0 saturated carbocycles. The highest BCUT2D eigenvalue weighted by atomic mass is 19.1. The van der Waals surface area contributed by atoms with Crippen molar-refractivity contribution in [2.45, 2.75) is 45.6 Å². The summed E-state index contributed by atoms with van der Waals surface area (Å²) in [6, 6.07) is 14.0. The number of ether oxygens (including phenoxy) is 1. The number of carbonyl (C=O) groups is 1. The molecule has 128 valence electrons. The number of rotatable bonds is 6. The molecule has 4 heteroatoms. The Kier molecular flexibility index (Phi) is 5.60. The molecule has 0 aliphatic rings. The van der Waals surface area contributed by atoms with Gasteiger partial charge in [-0.25, -0.2) is 4.39 Å². The fourth-order valence-corrected chi connectivity index (χ4v) is 2.54. The monoisotopic (exact) mass is 329 g/mol. The summed E-state index contributed by atoms with van der Waals surface area (Å²) in [6.07, 6.45) is 0.223. The molecular formula is C20H24FNO2. The molecule has 0 bridgehead atoms. The van der Waals surface area contributed by atoms with Crippen LogP contribution in [-0.4, -0.2) is 12.0 Å². The molecule has 0 aliphatic carbocycles. The zero-order chi connectivity index (χ0) is 17.7. The van der Waals surface area contributed by atoms with E-state index in [1.54, 1.807) is 0 Å². The normalized spacial score (nSPS) is 11.4. The zero-order valence-electron chi connectivity index (χ0n) is 14.6. The van der Waals surface area contributed by atoms with E-state index in [1.165, 1.54) is 18.2 Å². The molecule has 2 rings (SSSR count). The van der Waals surface area contributed by atoms with Gasteiger partial charge in [-0.2, -0.15) is 0 Å². The SMILES string of the molecule is CC(C)Oc1ccc(F)cc1NC(=O)CC(C)(C)c1ccccc1. The van der Waals surface area contributed by atoms with Crippen molar-refractivity contribution >= 4 is 11.6 Å². The van der Waals surface area contributed by atoms with Gasteiger partial charge in [0.25, 0.3) is 0 Å². The average molecular weight is 329 g/mol. The second kappa shape index (κ2) is 7.47. The van der Waals surface area contributed by atoms with E-state index in [9.17, 15) is 9.18 Å². The van der Waals surface area contributed by atoms with Crippen LogP contribution in [0.15, 0.2) is 48.5 Å². The maximum atomic E-state index is 13.5. The van der Waals surface area contributed by atoms with Crippen LogP contribution in [0.25, 0.3) is 0 Å². The van der Waals surface area contributed by atoms with Crippen molar-refractivity contribution in [3.05, 3.63) is 59.9 Å². The lowest BCUT2D eigenvalue weighted by atomic mass is 9.81. The summed E-state index contributed by atoms with van der Waals surface area (Å²) in [5, 5.41) is 2.78. The molecule has 0 radical (unpaired) electrons. The largest absolute Gasteiger partial charge is 0.489 e. The molecule has 0 fully saturated rings. The van der Waals surface area contributed by atoms with Crippen molar-refractivity contribution in [3.63, 3.8) is 0 Å². The highest BCUT2D eigenvalue weighted by Crippen LogP contribution is 2.30. The summed E-state index contributed by atoms with van der Waals surface area (Å²) in [5.74, 6) is -0.121. The number of nitrogens with one attached hydrogen (secondary N) is 1. The van der Waals surface area contributed by atoms with Crippen LogP contribution in [0.3, 0.4) is 0 Å². The summed E-state index contributed by atoms with van der Waals surface area (Å²) in [7, 11) is 0. The van der Waals surface area contributed by atoms with Gasteiger partial charge in [0.15, 0.2) is 0 Å². The van der Waals surface area contributed by atoms with E-state index in [0.29, 0.717) is 11.4 Å². The minimum absolute atomic E-state index is 0.0631. The smallest absolute Gasteiger partial charge is 0.225 e. The van der Waals surface area contributed by atoms with Crippen LogP contribution in [0, 0.1) is 5.82 Å². The van der Waals surface area contributed by atoms with Crippen molar-refractivity contribution in [2.75, 3.05) is 5.32 Å². The van der Waals surface area contributed by atoms with Crippen LogP contribution in [0.4, 0.5) is 10.1 Å². The van der Waals surface area contributed by atoms with Crippen LogP contribution in [0.2, 0.25) is 0 Å². The molecule has 0 spiro atoms. The lowest BCUT2D eigenvalue weighted by molar-refractivity contribution is -0.117. The molecule has 2 aromatic carbocycles. The highest BCUT2D eigenvalue weighted by molar-refractivity contribution is 5.93. The lowest BCUT2D eigenvalue weighted by Gasteiger charge is -2.25. The Morgan fingerprint density at radius 1 is 1.17 bits per heavy atom. The van der Waals surface area contributed by atoms with Crippen molar-refractivity contribution in [1.82, 2.24) is 0 Å². The topological polar surface area (TPSA) is 38.3 Å². The molecule has 0 aliphatic heterocycles. The summed E-state index contributed by atoms with van der Waals surface area (Å²) >= 11 is 0. The Hall–Kier alpha value is -2.36. The molecule has 2 aromatic rings. The highest BCUT2D eigenvalue weighted by Gasteiger charge is 2.24. The van der Waals surface area contributed by atoms with E-state index in [0.717, 1.165) is 5.56 Å². The van der Waals surface area contributed by atoms with Crippen molar-refractivity contribution < 1.29 is 13.9 Å². The number of hydrogen-bond acceptors (Lipinski definition) is 2. The molecule has 0 atom stereocenters. The molecule has 24 heavy (non-hydrogen) atoms. The zero-order valence-corrected chi connectivity index (χ0v) is 14.6. The Morgan fingerprint density at radius 2 is 1.83 bits per heavy atom. The van der Waals surface area contributed by atoms with E-state index >= 15 is 0 Å². The fraction of sp³-hybridized carbons (Fsp3) is 0.350. The van der Waals surface area contributed by atoms with E-state index in [2.05, 4.69) is 5.32 Å². The van der Waals surface area contributed by atoms with Gasteiger partial charge >= 0.3 is 0 Å². The number of carbonyl (C=O) groups excluding carboxylic acids is 1. The van der Waals surface area contributed by atoms with Crippen LogP contribution >= 0.6 is 0 Å². The van der Waals surface area contributed by atoms with Gasteiger partial charge in [-0.15, -0.1) is 0 Å². The van der Waals surface area contributed by atoms with E-state index in [1.807, 2.05) is 58.0 Å². The van der Waals surface area contributed by atoms with Crippen molar-refractivity contribution in [3.8, 4) is 5.75 Å². The first-order chi connectivity index (χ1) is 11.3. The first-order valence-corrected chi connectivity index (χ1v) is 8.09. The predicted molar refractivity (Wildman–Crippen MR) is 94.9 cm³/mol. The van der Waals surface area contributed by atoms with Gasteiger partial charge in [0.1, 0.15) is 11.6 Å². The third kappa shape index (κ3) is 4.82. The molecule has 0 aromatic heterocycles. The molecular weight excluding hydrogens is 305 g/mol. The van der Waals surface area contributed by atoms with Gasteiger partial charge in [-0.05, 0) is 37.0 Å². The van der Waals surface area contributed by atoms with Crippen LogP contribution in [0.1, 0.15) is 39.7 Å². The van der Waals surface area contributed by atoms with Gasteiger partial charge < -0.3 is 10.1 Å². The average Bonchev–Trinajstić information content (AvgIpc) is 2.50. The molecule has 1 N–H and O–H groups in total.